The van der Waals surface area contributed by atoms with Crippen molar-refractivity contribution >= 4 is 23.2 Å². The third kappa shape index (κ3) is 2.70. The van der Waals surface area contributed by atoms with Crippen LogP contribution in [0.3, 0.4) is 0 Å². The number of benzene rings is 1. The van der Waals surface area contributed by atoms with Crippen molar-refractivity contribution in [1.82, 2.24) is 4.98 Å². The summed E-state index contributed by atoms with van der Waals surface area (Å²) in [6.07, 6.45) is 1.34. The maximum atomic E-state index is 10.9. The number of ether oxygens (including phenoxy) is 1. The number of nitrogen functional groups attached to an aromatic ring is 1. The molecular formula is C12H10ClN3O2. The van der Waals surface area contributed by atoms with Crippen LogP contribution in [-0.4, -0.2) is 10.9 Å². The second-order valence-electron chi connectivity index (χ2n) is 3.53. The number of amides is 1. The molecule has 4 N–H and O–H groups in total. The number of halogens is 1. The number of hydrogen-bond donors (Lipinski definition) is 2. The molecule has 0 fully saturated rings. The van der Waals surface area contributed by atoms with Crippen molar-refractivity contribution < 1.29 is 9.53 Å². The van der Waals surface area contributed by atoms with E-state index in [1.54, 1.807) is 24.3 Å². The van der Waals surface area contributed by atoms with Crippen molar-refractivity contribution in [2.75, 3.05) is 5.73 Å². The van der Waals surface area contributed by atoms with Crippen LogP contribution in [0.5, 0.6) is 11.6 Å². The minimum atomic E-state index is -0.537. The normalized spacial score (nSPS) is 10.1. The Labute approximate surface area is 108 Å². The molecule has 0 radical (unpaired) electrons. The summed E-state index contributed by atoms with van der Waals surface area (Å²) < 4.78 is 5.45. The van der Waals surface area contributed by atoms with Crippen LogP contribution in [0.25, 0.3) is 0 Å². The minimum Gasteiger partial charge on any atom is -0.439 e. The highest BCUT2D eigenvalue weighted by Crippen LogP contribution is 2.27. The highest BCUT2D eigenvalue weighted by Gasteiger charge is 2.04. The average Bonchev–Trinajstić information content (AvgIpc) is 2.34. The van der Waals surface area contributed by atoms with Gasteiger partial charge in [0.2, 0.25) is 11.8 Å². The zero-order valence-electron chi connectivity index (χ0n) is 9.26. The molecule has 0 saturated carbocycles. The van der Waals surface area contributed by atoms with E-state index in [1.165, 1.54) is 12.3 Å². The molecule has 0 aliphatic rings. The largest absolute Gasteiger partial charge is 0.439 e. The number of pyridine rings is 1. The van der Waals surface area contributed by atoms with Gasteiger partial charge in [-0.2, -0.15) is 0 Å². The number of primary amides is 1. The Kier molecular flexibility index (Phi) is 3.34. The topological polar surface area (TPSA) is 91.2 Å². The van der Waals surface area contributed by atoms with E-state index >= 15 is 0 Å². The molecule has 0 aliphatic heterocycles. The first-order valence-electron chi connectivity index (χ1n) is 5.05. The van der Waals surface area contributed by atoms with Crippen LogP contribution in [-0.2, 0) is 0 Å². The molecule has 92 valence electrons. The van der Waals surface area contributed by atoms with E-state index in [0.29, 0.717) is 27.9 Å². The fraction of sp³-hybridized carbons (Fsp3) is 0. The average molecular weight is 264 g/mol. The predicted octanol–water partition coefficient (Wildman–Crippen LogP) is 2.21. The van der Waals surface area contributed by atoms with Gasteiger partial charge < -0.3 is 16.2 Å². The maximum Gasteiger partial charge on any atom is 0.250 e. The summed E-state index contributed by atoms with van der Waals surface area (Å²) in [7, 11) is 0. The third-order valence-electron chi connectivity index (χ3n) is 2.22. The van der Waals surface area contributed by atoms with Crippen LogP contribution in [0, 0.1) is 0 Å². The second-order valence-corrected chi connectivity index (χ2v) is 3.94. The van der Waals surface area contributed by atoms with Crippen LogP contribution in [0.1, 0.15) is 10.4 Å². The van der Waals surface area contributed by atoms with Crippen LogP contribution in [0.2, 0.25) is 5.02 Å². The standard InChI is InChI=1S/C12H10ClN3O2/c13-9-5-8(2-3-10(9)14)18-11-4-1-7(6-16-11)12(15)17/h1-6H,14H2,(H2,15,17). The first-order chi connectivity index (χ1) is 8.56. The predicted molar refractivity (Wildman–Crippen MR) is 68.7 cm³/mol. The Bertz CT molecular complexity index is 584. The number of rotatable bonds is 3. The van der Waals surface area contributed by atoms with Crippen molar-refractivity contribution in [3.05, 3.63) is 47.1 Å². The van der Waals surface area contributed by atoms with E-state index in [2.05, 4.69) is 4.98 Å². The van der Waals surface area contributed by atoms with Gasteiger partial charge in [0.15, 0.2) is 0 Å². The fourth-order valence-electron chi connectivity index (χ4n) is 1.28. The van der Waals surface area contributed by atoms with Crippen molar-refractivity contribution in [3.8, 4) is 11.6 Å². The van der Waals surface area contributed by atoms with E-state index in [9.17, 15) is 4.79 Å². The number of carbonyl (C=O) groups is 1. The maximum absolute atomic E-state index is 10.9. The Hall–Kier alpha value is -2.27. The monoisotopic (exact) mass is 263 g/mol. The molecule has 0 unspecified atom stereocenters. The summed E-state index contributed by atoms with van der Waals surface area (Å²) in [4.78, 5) is 14.8. The Balaban J connectivity index is 2.18. The van der Waals surface area contributed by atoms with E-state index in [4.69, 9.17) is 27.8 Å². The molecule has 5 nitrogen and oxygen atoms in total. The van der Waals surface area contributed by atoms with Gasteiger partial charge in [0.05, 0.1) is 16.3 Å². The van der Waals surface area contributed by atoms with Crippen LogP contribution in [0.4, 0.5) is 5.69 Å². The molecule has 1 amide bonds. The molecule has 0 saturated heterocycles. The quantitative estimate of drug-likeness (QED) is 0.831. The van der Waals surface area contributed by atoms with E-state index in [-0.39, 0.29) is 0 Å². The van der Waals surface area contributed by atoms with Gasteiger partial charge in [0.25, 0.3) is 0 Å². The smallest absolute Gasteiger partial charge is 0.250 e. The Morgan fingerprint density at radius 3 is 2.61 bits per heavy atom. The van der Waals surface area contributed by atoms with E-state index in [1.807, 2.05) is 0 Å². The van der Waals surface area contributed by atoms with Crippen molar-refractivity contribution in [1.29, 1.82) is 0 Å². The first-order valence-corrected chi connectivity index (χ1v) is 5.43. The van der Waals surface area contributed by atoms with Gasteiger partial charge in [0.1, 0.15) is 5.75 Å². The summed E-state index contributed by atoms with van der Waals surface area (Å²) in [6.45, 7) is 0. The van der Waals surface area contributed by atoms with Gasteiger partial charge in [-0.3, -0.25) is 4.79 Å². The third-order valence-corrected chi connectivity index (χ3v) is 2.54. The van der Waals surface area contributed by atoms with Gasteiger partial charge in [-0.25, -0.2) is 4.98 Å². The number of nitrogens with zero attached hydrogens (tertiary/aromatic N) is 1. The molecule has 0 aliphatic carbocycles. The molecule has 0 bridgehead atoms. The lowest BCUT2D eigenvalue weighted by molar-refractivity contribution is 0.1000. The highest BCUT2D eigenvalue weighted by molar-refractivity contribution is 6.33. The Morgan fingerprint density at radius 2 is 2.06 bits per heavy atom. The lowest BCUT2D eigenvalue weighted by atomic mass is 10.3. The minimum absolute atomic E-state index is 0.317. The lowest BCUT2D eigenvalue weighted by Crippen LogP contribution is -2.10. The molecule has 0 atom stereocenters. The molecule has 1 heterocycles. The summed E-state index contributed by atoms with van der Waals surface area (Å²) in [6, 6.07) is 7.97. The van der Waals surface area contributed by atoms with Gasteiger partial charge in [0, 0.05) is 18.3 Å². The summed E-state index contributed by atoms with van der Waals surface area (Å²) in [5.74, 6) is 0.305. The van der Waals surface area contributed by atoms with E-state index < -0.39 is 5.91 Å². The number of hydrogen-bond acceptors (Lipinski definition) is 4. The molecule has 2 rings (SSSR count). The molecule has 18 heavy (non-hydrogen) atoms. The van der Waals surface area contributed by atoms with Gasteiger partial charge >= 0.3 is 0 Å². The molecule has 1 aromatic carbocycles. The SMILES string of the molecule is NC(=O)c1ccc(Oc2ccc(N)c(Cl)c2)nc1. The molecule has 6 heteroatoms. The van der Waals surface area contributed by atoms with Gasteiger partial charge in [-0.15, -0.1) is 0 Å². The molecule has 2 aromatic rings. The first kappa shape index (κ1) is 12.2. The van der Waals surface area contributed by atoms with Crippen molar-refractivity contribution in [3.63, 3.8) is 0 Å². The summed E-state index contributed by atoms with van der Waals surface area (Å²) in [5.41, 5.74) is 11.5. The van der Waals surface area contributed by atoms with Crippen LogP contribution >= 0.6 is 11.6 Å². The van der Waals surface area contributed by atoms with Gasteiger partial charge in [-0.05, 0) is 18.2 Å². The number of aromatic nitrogens is 1. The molecule has 1 aromatic heterocycles. The highest BCUT2D eigenvalue weighted by atomic mass is 35.5. The van der Waals surface area contributed by atoms with Crippen LogP contribution < -0.4 is 16.2 Å². The van der Waals surface area contributed by atoms with Crippen molar-refractivity contribution in [2.24, 2.45) is 5.73 Å². The lowest BCUT2D eigenvalue weighted by Gasteiger charge is -2.06. The summed E-state index contributed by atoms with van der Waals surface area (Å²) in [5, 5.41) is 0.404. The van der Waals surface area contributed by atoms with E-state index in [0.717, 1.165) is 0 Å². The van der Waals surface area contributed by atoms with Crippen molar-refractivity contribution in [2.45, 2.75) is 0 Å². The Morgan fingerprint density at radius 1 is 1.28 bits per heavy atom. The number of anilines is 1. The number of nitrogens with two attached hydrogens (primary N) is 2. The van der Waals surface area contributed by atoms with Gasteiger partial charge in [-0.1, -0.05) is 11.6 Å². The molecule has 0 spiro atoms. The zero-order valence-corrected chi connectivity index (χ0v) is 10.0. The number of carbonyl (C=O) groups excluding carboxylic acids is 1. The fourth-order valence-corrected chi connectivity index (χ4v) is 1.45. The summed E-state index contributed by atoms with van der Waals surface area (Å²) >= 11 is 5.86. The van der Waals surface area contributed by atoms with Crippen LogP contribution in [0.15, 0.2) is 36.5 Å². The second kappa shape index (κ2) is 4.93. The molecular weight excluding hydrogens is 254 g/mol. The zero-order chi connectivity index (χ0) is 13.1.